The molecule has 0 heterocycles. The van der Waals surface area contributed by atoms with Gasteiger partial charge in [-0.15, -0.1) is 0 Å². The van der Waals surface area contributed by atoms with Crippen molar-refractivity contribution in [1.82, 2.24) is 5.32 Å². The van der Waals surface area contributed by atoms with Crippen LogP contribution >= 0.6 is 0 Å². The molecule has 0 aromatic heterocycles. The smallest absolute Gasteiger partial charge is 0.220 e. The Hall–Kier alpha value is -0.910. The highest BCUT2D eigenvalue weighted by Gasteiger charge is 2.26. The molecule has 0 rings (SSSR count). The van der Waals surface area contributed by atoms with Crippen LogP contribution in [0.15, 0.2) is 12.2 Å². The van der Waals surface area contributed by atoms with Crippen molar-refractivity contribution in [1.29, 1.82) is 0 Å². The Kier molecular flexibility index (Phi) is 53.9. The molecule has 0 saturated heterocycles. The van der Waals surface area contributed by atoms with Gasteiger partial charge < -0.3 is 20.6 Å². The highest BCUT2D eigenvalue weighted by molar-refractivity contribution is 5.76. The summed E-state index contributed by atoms with van der Waals surface area (Å²) >= 11 is 0. The number of rotatable bonds is 55. The second-order valence-electron chi connectivity index (χ2n) is 20.6. The molecule has 64 heavy (non-hydrogen) atoms. The standard InChI is InChI=1S/C59H117NO4/c1-3-5-7-9-11-13-15-17-19-20-21-22-23-24-25-26-27-28-29-30-31-32-33-34-35-36-37-38-40-42-44-46-48-50-52-54-58(63)60-56(55-61)59(64)57(62)53-51-49-47-45-43-41-39-18-16-14-12-10-8-6-4-2/h26-27,56-57,59,61-62,64H,3-25,28-55H2,1-2H3,(H,60,63)/b27-26-. The fraction of sp³-hybridized carbons (Fsp3) is 0.949. The van der Waals surface area contributed by atoms with Gasteiger partial charge in [-0.1, -0.05) is 302 Å². The highest BCUT2D eigenvalue weighted by Crippen LogP contribution is 2.18. The van der Waals surface area contributed by atoms with Gasteiger partial charge in [0, 0.05) is 6.42 Å². The SMILES string of the molecule is CCCCCCCCCCCCCCCC/C=C\CCCCCCCCCCCCCCCCCCCC(=O)NC(CO)C(O)C(O)CCCCCCCCCCCCCCCCC. The van der Waals surface area contributed by atoms with E-state index in [1.807, 2.05) is 0 Å². The van der Waals surface area contributed by atoms with Crippen LogP contribution in [-0.4, -0.2) is 46.1 Å². The monoisotopic (exact) mass is 904 g/mol. The van der Waals surface area contributed by atoms with E-state index in [9.17, 15) is 20.1 Å². The molecule has 3 unspecified atom stereocenters. The largest absolute Gasteiger partial charge is 0.394 e. The first-order valence-corrected chi connectivity index (χ1v) is 29.5. The van der Waals surface area contributed by atoms with Gasteiger partial charge in [0.1, 0.15) is 6.10 Å². The normalized spacial score (nSPS) is 13.3. The fourth-order valence-electron chi connectivity index (χ4n) is 9.57. The van der Waals surface area contributed by atoms with E-state index in [0.717, 1.165) is 32.1 Å². The molecule has 0 spiro atoms. The van der Waals surface area contributed by atoms with Crippen LogP contribution in [0.2, 0.25) is 0 Å². The van der Waals surface area contributed by atoms with Crippen LogP contribution in [0.1, 0.15) is 335 Å². The van der Waals surface area contributed by atoms with Crippen LogP contribution in [0, 0.1) is 0 Å². The Morgan fingerprint density at radius 1 is 0.375 bits per heavy atom. The molecule has 0 aliphatic rings. The number of aliphatic hydroxyl groups excluding tert-OH is 3. The quantitative estimate of drug-likeness (QED) is 0.0362. The Labute approximate surface area is 401 Å². The average molecular weight is 905 g/mol. The zero-order valence-electron chi connectivity index (χ0n) is 43.7. The zero-order chi connectivity index (χ0) is 46.5. The number of carbonyl (C=O) groups excluding carboxylic acids is 1. The van der Waals surface area contributed by atoms with Crippen LogP contribution < -0.4 is 5.32 Å². The summed E-state index contributed by atoms with van der Waals surface area (Å²) < 4.78 is 0. The molecule has 0 aliphatic carbocycles. The fourth-order valence-corrected chi connectivity index (χ4v) is 9.57. The van der Waals surface area contributed by atoms with Crippen molar-refractivity contribution in [2.75, 3.05) is 6.61 Å². The Morgan fingerprint density at radius 3 is 0.906 bits per heavy atom. The number of hydrogen-bond acceptors (Lipinski definition) is 4. The van der Waals surface area contributed by atoms with Gasteiger partial charge in [-0.2, -0.15) is 0 Å². The van der Waals surface area contributed by atoms with Crippen LogP contribution in [-0.2, 0) is 4.79 Å². The first-order chi connectivity index (χ1) is 31.6. The van der Waals surface area contributed by atoms with Crippen molar-refractivity contribution in [3.8, 4) is 0 Å². The maximum atomic E-state index is 12.5. The first kappa shape index (κ1) is 63.1. The summed E-state index contributed by atoms with van der Waals surface area (Å²) in [5.74, 6) is -0.138. The highest BCUT2D eigenvalue weighted by atomic mass is 16.3. The Bertz CT molecular complexity index is 909. The molecule has 5 nitrogen and oxygen atoms in total. The number of carbonyl (C=O) groups is 1. The van der Waals surface area contributed by atoms with E-state index in [1.54, 1.807) is 0 Å². The van der Waals surface area contributed by atoms with Crippen molar-refractivity contribution in [3.63, 3.8) is 0 Å². The van der Waals surface area contributed by atoms with Crippen molar-refractivity contribution in [2.45, 2.75) is 353 Å². The van der Waals surface area contributed by atoms with E-state index in [0.29, 0.717) is 12.8 Å². The maximum Gasteiger partial charge on any atom is 0.220 e. The van der Waals surface area contributed by atoms with Crippen LogP contribution in [0.3, 0.4) is 0 Å². The summed E-state index contributed by atoms with van der Waals surface area (Å²) in [6.07, 6.45) is 68.2. The van der Waals surface area contributed by atoms with E-state index >= 15 is 0 Å². The van der Waals surface area contributed by atoms with Crippen LogP contribution in [0.5, 0.6) is 0 Å². The summed E-state index contributed by atoms with van der Waals surface area (Å²) in [7, 11) is 0. The summed E-state index contributed by atoms with van der Waals surface area (Å²) in [5, 5.41) is 33.7. The van der Waals surface area contributed by atoms with Crippen LogP contribution in [0.25, 0.3) is 0 Å². The molecule has 0 fully saturated rings. The van der Waals surface area contributed by atoms with E-state index < -0.39 is 18.2 Å². The molecule has 0 radical (unpaired) electrons. The molecule has 1 amide bonds. The number of allylic oxidation sites excluding steroid dienone is 2. The molecule has 0 bridgehead atoms. The van der Waals surface area contributed by atoms with Gasteiger partial charge in [-0.05, 0) is 38.5 Å². The van der Waals surface area contributed by atoms with Crippen molar-refractivity contribution in [2.24, 2.45) is 0 Å². The lowest BCUT2D eigenvalue weighted by Crippen LogP contribution is -2.50. The molecule has 0 saturated carbocycles. The minimum Gasteiger partial charge on any atom is -0.394 e. The third-order valence-electron chi connectivity index (χ3n) is 14.1. The van der Waals surface area contributed by atoms with Crippen molar-refractivity contribution in [3.05, 3.63) is 12.2 Å². The summed E-state index contributed by atoms with van der Waals surface area (Å²) in [4.78, 5) is 12.5. The molecule has 3 atom stereocenters. The lowest BCUT2D eigenvalue weighted by Gasteiger charge is -2.26. The third kappa shape index (κ3) is 49.0. The average Bonchev–Trinajstić information content (AvgIpc) is 3.30. The maximum absolute atomic E-state index is 12.5. The van der Waals surface area contributed by atoms with E-state index in [4.69, 9.17) is 0 Å². The van der Waals surface area contributed by atoms with E-state index in [1.165, 1.54) is 276 Å². The Balaban J connectivity index is 3.44. The topological polar surface area (TPSA) is 89.8 Å². The van der Waals surface area contributed by atoms with Gasteiger partial charge in [-0.25, -0.2) is 0 Å². The summed E-state index contributed by atoms with van der Waals surface area (Å²) in [6.45, 7) is 4.21. The molecular formula is C59H117NO4. The predicted molar refractivity (Wildman–Crippen MR) is 282 cm³/mol. The van der Waals surface area contributed by atoms with Gasteiger partial charge in [0.2, 0.25) is 5.91 Å². The minimum absolute atomic E-state index is 0.138. The Morgan fingerprint density at radius 2 is 0.625 bits per heavy atom. The number of nitrogens with one attached hydrogen (secondary N) is 1. The van der Waals surface area contributed by atoms with Gasteiger partial charge in [0.15, 0.2) is 0 Å². The summed E-state index contributed by atoms with van der Waals surface area (Å²) in [6, 6.07) is -0.806. The molecule has 4 N–H and O–H groups in total. The molecule has 5 heteroatoms. The molecule has 382 valence electrons. The van der Waals surface area contributed by atoms with Gasteiger partial charge in [0.25, 0.3) is 0 Å². The molecular weight excluding hydrogens is 787 g/mol. The van der Waals surface area contributed by atoms with Crippen molar-refractivity contribution < 1.29 is 20.1 Å². The minimum atomic E-state index is -1.13. The number of unbranched alkanes of at least 4 members (excludes halogenated alkanes) is 45. The molecule has 0 aromatic carbocycles. The second kappa shape index (κ2) is 54.7. The summed E-state index contributed by atoms with van der Waals surface area (Å²) in [5.41, 5.74) is 0. The zero-order valence-corrected chi connectivity index (χ0v) is 43.7. The van der Waals surface area contributed by atoms with Gasteiger partial charge in [-0.3, -0.25) is 4.79 Å². The lowest BCUT2D eigenvalue weighted by molar-refractivity contribution is -0.124. The predicted octanol–water partition coefficient (Wildman–Crippen LogP) is 18.3. The van der Waals surface area contributed by atoms with E-state index in [-0.39, 0.29) is 12.5 Å². The van der Waals surface area contributed by atoms with Crippen LogP contribution in [0.4, 0.5) is 0 Å². The van der Waals surface area contributed by atoms with Gasteiger partial charge >= 0.3 is 0 Å². The number of aliphatic hydroxyl groups is 3. The second-order valence-corrected chi connectivity index (χ2v) is 20.6. The molecule has 0 aromatic rings. The van der Waals surface area contributed by atoms with Gasteiger partial charge in [0.05, 0.1) is 18.8 Å². The van der Waals surface area contributed by atoms with E-state index in [2.05, 4.69) is 31.3 Å². The number of amides is 1. The third-order valence-corrected chi connectivity index (χ3v) is 14.1. The molecule has 0 aliphatic heterocycles. The number of hydrogen-bond donors (Lipinski definition) is 4. The first-order valence-electron chi connectivity index (χ1n) is 29.5. The van der Waals surface area contributed by atoms with Crippen molar-refractivity contribution >= 4 is 5.91 Å². The lowest BCUT2D eigenvalue weighted by atomic mass is 9.99.